The highest BCUT2D eigenvalue weighted by Gasteiger charge is 2.37. The molecule has 2 aromatic heterocycles. The normalized spacial score (nSPS) is 16.5. The van der Waals surface area contributed by atoms with E-state index in [0.29, 0.717) is 0 Å². The van der Waals surface area contributed by atoms with Crippen LogP contribution in [0.15, 0.2) is 34.9 Å². The van der Waals surface area contributed by atoms with Crippen LogP contribution in [0.25, 0.3) is 11.0 Å². The Hall–Kier alpha value is -2.27. The first-order valence-electron chi connectivity index (χ1n) is 7.56. The van der Waals surface area contributed by atoms with Gasteiger partial charge in [0.05, 0.1) is 15.9 Å². The monoisotopic (exact) mass is 323 g/mol. The lowest BCUT2D eigenvalue weighted by Gasteiger charge is -2.25. The Labute approximate surface area is 138 Å². The second-order valence-corrected chi connectivity index (χ2v) is 7.39. The van der Waals surface area contributed by atoms with Gasteiger partial charge in [-0.3, -0.25) is 14.4 Å². The average molecular weight is 323 g/mol. The molecule has 0 aliphatic carbocycles. The number of hydrogen-bond donors (Lipinski definition) is 0. The van der Waals surface area contributed by atoms with Gasteiger partial charge in [-0.1, -0.05) is 6.07 Å². The molecule has 0 fully saturated rings. The number of carbonyl (C=O) groups excluding carboxylic acids is 1. The van der Waals surface area contributed by atoms with E-state index in [-0.39, 0.29) is 5.78 Å². The Morgan fingerprint density at radius 2 is 1.96 bits per heavy atom. The molecule has 0 saturated heterocycles. The van der Waals surface area contributed by atoms with E-state index < -0.39 is 5.54 Å². The molecule has 0 atom stereocenters. The Morgan fingerprint density at radius 3 is 2.74 bits per heavy atom. The highest BCUT2D eigenvalue weighted by molar-refractivity contribution is 7.12. The number of aryl methyl sites for hydroxylation is 2. The third-order valence-electron chi connectivity index (χ3n) is 4.52. The van der Waals surface area contributed by atoms with Crippen LogP contribution in [0.5, 0.6) is 0 Å². The van der Waals surface area contributed by atoms with Crippen LogP contribution < -0.4 is 0 Å². The Bertz CT molecular complexity index is 991. The van der Waals surface area contributed by atoms with E-state index in [4.69, 9.17) is 4.99 Å². The summed E-state index contributed by atoms with van der Waals surface area (Å²) in [6.45, 7) is 7.91. The number of rotatable bonds is 0. The molecule has 1 aromatic carbocycles. The fourth-order valence-electron chi connectivity index (χ4n) is 2.99. The van der Waals surface area contributed by atoms with E-state index in [1.807, 2.05) is 36.2 Å². The van der Waals surface area contributed by atoms with Crippen molar-refractivity contribution in [1.29, 1.82) is 0 Å². The zero-order valence-electron chi connectivity index (χ0n) is 13.5. The molecular weight excluding hydrogens is 306 g/mol. The third kappa shape index (κ3) is 1.93. The van der Waals surface area contributed by atoms with Crippen molar-refractivity contribution in [3.05, 3.63) is 51.5 Å². The van der Waals surface area contributed by atoms with Crippen LogP contribution >= 0.6 is 11.3 Å². The van der Waals surface area contributed by atoms with Gasteiger partial charge in [-0.05, 0) is 56.3 Å². The first kappa shape index (κ1) is 14.3. The van der Waals surface area contributed by atoms with Crippen molar-refractivity contribution in [2.45, 2.75) is 33.2 Å². The van der Waals surface area contributed by atoms with Crippen LogP contribution in [0.2, 0.25) is 0 Å². The summed E-state index contributed by atoms with van der Waals surface area (Å²) in [5.41, 5.74) is 4.56. The Morgan fingerprint density at radius 1 is 1.17 bits per heavy atom. The minimum Gasteiger partial charge on any atom is -0.291 e. The standard InChI is InChI=1S/C18H17N3OS/c1-10-5-6-13-14(11(10)2)19-9-21(13)17-12-7-8-23-15(12)16(22)18(3,4)20-17/h5-9H,1-4H3. The number of nitrogens with zero attached hydrogens (tertiary/aromatic N) is 3. The Balaban J connectivity index is 2.02. The molecule has 116 valence electrons. The smallest absolute Gasteiger partial charge is 0.200 e. The van der Waals surface area contributed by atoms with Crippen molar-refractivity contribution in [3.63, 3.8) is 0 Å². The minimum absolute atomic E-state index is 0.0858. The zero-order valence-corrected chi connectivity index (χ0v) is 14.4. The van der Waals surface area contributed by atoms with E-state index in [1.165, 1.54) is 22.5 Å². The summed E-state index contributed by atoms with van der Waals surface area (Å²) in [7, 11) is 0. The number of carbonyl (C=O) groups is 1. The van der Waals surface area contributed by atoms with Gasteiger partial charge in [-0.2, -0.15) is 0 Å². The second-order valence-electron chi connectivity index (χ2n) is 6.48. The van der Waals surface area contributed by atoms with Crippen LogP contribution in [0, 0.1) is 13.8 Å². The number of benzene rings is 1. The summed E-state index contributed by atoms with van der Waals surface area (Å²) in [6, 6.07) is 6.14. The number of hydrogen-bond acceptors (Lipinski definition) is 4. The van der Waals surface area contributed by atoms with Crippen LogP contribution in [0.1, 0.15) is 40.2 Å². The van der Waals surface area contributed by atoms with Crippen molar-refractivity contribution in [1.82, 2.24) is 9.55 Å². The Kier molecular flexibility index (Phi) is 2.87. The summed E-state index contributed by atoms with van der Waals surface area (Å²) < 4.78 is 2.00. The number of fused-ring (bicyclic) bond motifs is 2. The number of aromatic nitrogens is 2. The first-order valence-corrected chi connectivity index (χ1v) is 8.44. The quantitative estimate of drug-likeness (QED) is 0.628. The largest absolute Gasteiger partial charge is 0.291 e. The molecular formula is C18H17N3OS. The predicted molar refractivity (Wildman–Crippen MR) is 93.9 cm³/mol. The first-order chi connectivity index (χ1) is 10.9. The highest BCUT2D eigenvalue weighted by Crippen LogP contribution is 2.32. The summed E-state index contributed by atoms with van der Waals surface area (Å²) >= 11 is 1.48. The van der Waals surface area contributed by atoms with E-state index in [9.17, 15) is 4.79 Å². The molecule has 5 heteroatoms. The van der Waals surface area contributed by atoms with Crippen molar-refractivity contribution < 1.29 is 4.79 Å². The van der Waals surface area contributed by atoms with Gasteiger partial charge in [0.25, 0.3) is 0 Å². The summed E-state index contributed by atoms with van der Waals surface area (Å²) in [5.74, 6) is 0.888. The summed E-state index contributed by atoms with van der Waals surface area (Å²) in [5, 5.41) is 1.95. The molecule has 1 aliphatic rings. The van der Waals surface area contributed by atoms with Gasteiger partial charge in [-0.25, -0.2) is 4.98 Å². The molecule has 4 nitrogen and oxygen atoms in total. The topological polar surface area (TPSA) is 47.2 Å². The predicted octanol–water partition coefficient (Wildman–Crippen LogP) is 3.98. The van der Waals surface area contributed by atoms with Crippen LogP contribution in [-0.2, 0) is 0 Å². The maximum absolute atomic E-state index is 12.6. The van der Waals surface area contributed by atoms with Gasteiger partial charge in [0.15, 0.2) is 0 Å². The minimum atomic E-state index is -0.747. The van der Waals surface area contributed by atoms with Crippen molar-refractivity contribution >= 4 is 34.0 Å². The molecule has 0 amide bonds. The van der Waals surface area contributed by atoms with E-state index in [1.54, 1.807) is 0 Å². The second kappa shape index (κ2) is 4.61. The number of thiophene rings is 1. The zero-order chi connectivity index (χ0) is 16.4. The number of aliphatic imine (C=N–C) groups is 1. The molecule has 1 aliphatic heterocycles. The molecule has 0 radical (unpaired) electrons. The van der Waals surface area contributed by atoms with Gasteiger partial charge in [-0.15, -0.1) is 11.3 Å². The summed E-state index contributed by atoms with van der Waals surface area (Å²) in [4.78, 5) is 22.7. The number of ketones is 1. The van der Waals surface area contributed by atoms with E-state index >= 15 is 0 Å². The molecule has 3 heterocycles. The molecule has 0 spiro atoms. The molecule has 4 rings (SSSR count). The van der Waals surface area contributed by atoms with Crippen LogP contribution in [0.3, 0.4) is 0 Å². The fourth-order valence-corrected chi connectivity index (χ4v) is 3.97. The van der Waals surface area contributed by atoms with E-state index in [2.05, 4.69) is 31.0 Å². The lowest BCUT2D eigenvalue weighted by Crippen LogP contribution is -2.37. The molecule has 0 bridgehead atoms. The molecule has 23 heavy (non-hydrogen) atoms. The van der Waals surface area contributed by atoms with Crippen molar-refractivity contribution in [3.8, 4) is 0 Å². The van der Waals surface area contributed by atoms with Gasteiger partial charge in [0, 0.05) is 5.56 Å². The highest BCUT2D eigenvalue weighted by atomic mass is 32.1. The van der Waals surface area contributed by atoms with Crippen molar-refractivity contribution in [2.75, 3.05) is 0 Å². The van der Waals surface area contributed by atoms with Crippen LogP contribution in [-0.4, -0.2) is 26.7 Å². The maximum Gasteiger partial charge on any atom is 0.200 e. The third-order valence-corrected chi connectivity index (χ3v) is 5.44. The van der Waals surface area contributed by atoms with Crippen LogP contribution in [0.4, 0.5) is 0 Å². The maximum atomic E-state index is 12.6. The SMILES string of the molecule is Cc1ccc2c(ncn2C2=NC(C)(C)C(=O)c3sccc32)c1C. The summed E-state index contributed by atoms with van der Waals surface area (Å²) in [6.07, 6.45) is 1.81. The molecule has 3 aromatic rings. The van der Waals surface area contributed by atoms with Gasteiger partial charge >= 0.3 is 0 Å². The van der Waals surface area contributed by atoms with Gasteiger partial charge in [0.2, 0.25) is 5.78 Å². The lowest BCUT2D eigenvalue weighted by atomic mass is 9.93. The number of Topliss-reactive ketones (excluding diaryl/α,β-unsaturated/α-hetero) is 1. The van der Waals surface area contributed by atoms with Gasteiger partial charge < -0.3 is 0 Å². The molecule has 0 saturated carbocycles. The fraction of sp³-hybridized carbons (Fsp3) is 0.278. The average Bonchev–Trinajstić information content (AvgIpc) is 3.14. The van der Waals surface area contributed by atoms with Crippen molar-refractivity contribution in [2.24, 2.45) is 4.99 Å². The van der Waals surface area contributed by atoms with E-state index in [0.717, 1.165) is 27.3 Å². The lowest BCUT2D eigenvalue weighted by molar-refractivity contribution is 0.0916. The number of imidazole rings is 1. The molecule has 0 unspecified atom stereocenters. The molecule has 0 N–H and O–H groups in total. The van der Waals surface area contributed by atoms with Gasteiger partial charge in [0.1, 0.15) is 17.7 Å².